The summed E-state index contributed by atoms with van der Waals surface area (Å²) >= 11 is 6.02. The quantitative estimate of drug-likeness (QED) is 0.759. The first kappa shape index (κ1) is 9.85. The van der Waals surface area contributed by atoms with Crippen LogP contribution in [0.3, 0.4) is 0 Å². The van der Waals surface area contributed by atoms with Crippen LogP contribution in [0.1, 0.15) is 12.8 Å². The summed E-state index contributed by atoms with van der Waals surface area (Å²) in [4.78, 5) is 11.0. The number of hydrogen-bond acceptors (Lipinski definition) is 3. The second-order valence-corrected chi connectivity index (χ2v) is 4.49. The Bertz CT molecular complexity index is 521. The molecule has 1 fully saturated rings. The third-order valence-electron chi connectivity index (χ3n) is 2.98. The fraction of sp³-hybridized carbons (Fsp3) is 0.333. The van der Waals surface area contributed by atoms with Crippen LogP contribution in [0.2, 0.25) is 5.02 Å². The Balaban J connectivity index is 2.18. The average molecular weight is 234 g/mol. The van der Waals surface area contributed by atoms with Gasteiger partial charge in [0.1, 0.15) is 12.1 Å². The van der Waals surface area contributed by atoms with Gasteiger partial charge in [-0.3, -0.25) is 0 Å². The molecule has 1 saturated heterocycles. The molecule has 3 nitrogen and oxygen atoms in total. The maximum Gasteiger partial charge on any atom is 0.139 e. The summed E-state index contributed by atoms with van der Waals surface area (Å²) in [7, 11) is 0. The zero-order chi connectivity index (χ0) is 11.0. The summed E-state index contributed by atoms with van der Waals surface area (Å²) in [6.07, 6.45) is 4.11. The fourth-order valence-corrected chi connectivity index (χ4v) is 2.37. The van der Waals surface area contributed by atoms with Gasteiger partial charge < -0.3 is 4.90 Å². The maximum absolute atomic E-state index is 6.02. The normalized spacial score (nSPS) is 15.9. The maximum atomic E-state index is 6.02. The van der Waals surface area contributed by atoms with E-state index in [9.17, 15) is 0 Å². The van der Waals surface area contributed by atoms with Crippen LogP contribution in [0, 0.1) is 0 Å². The molecular weight excluding hydrogens is 222 g/mol. The first-order valence-corrected chi connectivity index (χ1v) is 5.87. The third kappa shape index (κ3) is 1.61. The summed E-state index contributed by atoms with van der Waals surface area (Å²) in [5, 5.41) is 1.79. The van der Waals surface area contributed by atoms with Gasteiger partial charge in [-0.15, -0.1) is 0 Å². The van der Waals surface area contributed by atoms with E-state index in [0.29, 0.717) is 0 Å². The molecule has 0 unspecified atom stereocenters. The minimum Gasteiger partial charge on any atom is -0.356 e. The number of rotatable bonds is 1. The molecular formula is C12H12ClN3. The molecule has 16 heavy (non-hydrogen) atoms. The van der Waals surface area contributed by atoms with Crippen molar-refractivity contribution in [3.8, 4) is 0 Å². The van der Waals surface area contributed by atoms with Crippen molar-refractivity contribution in [2.45, 2.75) is 12.8 Å². The van der Waals surface area contributed by atoms with Gasteiger partial charge in [0.05, 0.1) is 5.52 Å². The molecule has 82 valence electrons. The number of benzene rings is 1. The molecule has 1 aliphatic heterocycles. The molecule has 0 atom stereocenters. The summed E-state index contributed by atoms with van der Waals surface area (Å²) in [6, 6.07) is 5.76. The smallest absolute Gasteiger partial charge is 0.139 e. The molecule has 0 amide bonds. The van der Waals surface area contributed by atoms with E-state index in [1.165, 1.54) is 12.8 Å². The van der Waals surface area contributed by atoms with Crippen LogP contribution in [-0.4, -0.2) is 23.1 Å². The molecule has 0 radical (unpaired) electrons. The highest BCUT2D eigenvalue weighted by Gasteiger charge is 2.16. The Morgan fingerprint density at radius 1 is 1.12 bits per heavy atom. The molecule has 0 N–H and O–H groups in total. The van der Waals surface area contributed by atoms with E-state index in [4.69, 9.17) is 11.6 Å². The molecule has 1 aromatic heterocycles. The van der Waals surface area contributed by atoms with Crippen molar-refractivity contribution in [3.63, 3.8) is 0 Å². The van der Waals surface area contributed by atoms with Gasteiger partial charge in [0.2, 0.25) is 0 Å². The summed E-state index contributed by atoms with van der Waals surface area (Å²) in [6.45, 7) is 2.16. The Labute approximate surface area is 99.1 Å². The second kappa shape index (κ2) is 3.91. The van der Waals surface area contributed by atoms with E-state index in [0.717, 1.165) is 34.8 Å². The van der Waals surface area contributed by atoms with Crippen molar-refractivity contribution in [2.24, 2.45) is 0 Å². The topological polar surface area (TPSA) is 29.0 Å². The standard InChI is InChI=1S/C12H12ClN3/c13-9-3-4-11-10(7-9)12(15-8-14-11)16-5-1-2-6-16/h3-4,7-8H,1-2,5-6H2. The molecule has 2 heterocycles. The summed E-state index contributed by atoms with van der Waals surface area (Å²) in [5.41, 5.74) is 0.960. The molecule has 4 heteroatoms. The van der Waals surface area contributed by atoms with Crippen LogP contribution in [-0.2, 0) is 0 Å². The van der Waals surface area contributed by atoms with Crippen LogP contribution in [0.5, 0.6) is 0 Å². The van der Waals surface area contributed by atoms with Crippen molar-refractivity contribution in [1.82, 2.24) is 9.97 Å². The van der Waals surface area contributed by atoms with Crippen molar-refractivity contribution in [3.05, 3.63) is 29.5 Å². The predicted octanol–water partition coefficient (Wildman–Crippen LogP) is 2.88. The number of hydrogen-bond donors (Lipinski definition) is 0. The predicted molar refractivity (Wildman–Crippen MR) is 66.0 cm³/mol. The lowest BCUT2D eigenvalue weighted by atomic mass is 10.2. The zero-order valence-corrected chi connectivity index (χ0v) is 9.61. The Kier molecular flexibility index (Phi) is 2.40. The van der Waals surface area contributed by atoms with Gasteiger partial charge in [-0.2, -0.15) is 0 Å². The molecule has 1 aliphatic rings. The molecule has 0 bridgehead atoms. The lowest BCUT2D eigenvalue weighted by molar-refractivity contribution is 0.939. The number of nitrogens with zero attached hydrogens (tertiary/aromatic N) is 3. The van der Waals surface area contributed by atoms with E-state index in [2.05, 4.69) is 14.9 Å². The van der Waals surface area contributed by atoms with Crippen LogP contribution < -0.4 is 4.90 Å². The number of fused-ring (bicyclic) bond motifs is 1. The van der Waals surface area contributed by atoms with E-state index in [1.807, 2.05) is 18.2 Å². The lowest BCUT2D eigenvalue weighted by Crippen LogP contribution is -2.19. The Hall–Kier alpha value is -1.35. The minimum absolute atomic E-state index is 0.739. The van der Waals surface area contributed by atoms with Crippen LogP contribution in [0.25, 0.3) is 10.9 Å². The largest absolute Gasteiger partial charge is 0.356 e. The van der Waals surface area contributed by atoms with Crippen molar-refractivity contribution in [2.75, 3.05) is 18.0 Å². The van der Waals surface area contributed by atoms with Gasteiger partial charge in [0, 0.05) is 23.5 Å². The zero-order valence-electron chi connectivity index (χ0n) is 8.86. The lowest BCUT2D eigenvalue weighted by Gasteiger charge is -2.17. The highest BCUT2D eigenvalue weighted by Crippen LogP contribution is 2.27. The fourth-order valence-electron chi connectivity index (χ4n) is 2.20. The van der Waals surface area contributed by atoms with E-state index in [-0.39, 0.29) is 0 Å². The molecule has 0 aliphatic carbocycles. The minimum atomic E-state index is 0.739. The molecule has 0 spiro atoms. The first-order chi connectivity index (χ1) is 7.84. The SMILES string of the molecule is Clc1ccc2ncnc(N3CCCC3)c2c1. The summed E-state index contributed by atoms with van der Waals surface area (Å²) in [5.74, 6) is 1.02. The molecule has 1 aromatic carbocycles. The van der Waals surface area contributed by atoms with E-state index in [1.54, 1.807) is 6.33 Å². The van der Waals surface area contributed by atoms with Gasteiger partial charge in [-0.25, -0.2) is 9.97 Å². The second-order valence-electron chi connectivity index (χ2n) is 4.05. The molecule has 3 rings (SSSR count). The van der Waals surface area contributed by atoms with Gasteiger partial charge in [0.25, 0.3) is 0 Å². The molecule has 0 saturated carbocycles. The van der Waals surface area contributed by atoms with Crippen molar-refractivity contribution >= 4 is 28.3 Å². The van der Waals surface area contributed by atoms with Crippen molar-refractivity contribution in [1.29, 1.82) is 0 Å². The molecule has 2 aromatic rings. The number of anilines is 1. The van der Waals surface area contributed by atoms with Gasteiger partial charge in [-0.05, 0) is 31.0 Å². The third-order valence-corrected chi connectivity index (χ3v) is 3.22. The highest BCUT2D eigenvalue weighted by molar-refractivity contribution is 6.31. The van der Waals surface area contributed by atoms with E-state index >= 15 is 0 Å². The van der Waals surface area contributed by atoms with E-state index < -0.39 is 0 Å². The summed E-state index contributed by atoms with van der Waals surface area (Å²) < 4.78 is 0. The van der Waals surface area contributed by atoms with Gasteiger partial charge in [-0.1, -0.05) is 11.6 Å². The van der Waals surface area contributed by atoms with Gasteiger partial charge in [0.15, 0.2) is 0 Å². The van der Waals surface area contributed by atoms with Crippen LogP contribution in [0.15, 0.2) is 24.5 Å². The van der Waals surface area contributed by atoms with Gasteiger partial charge >= 0.3 is 0 Å². The Morgan fingerprint density at radius 2 is 1.94 bits per heavy atom. The van der Waals surface area contributed by atoms with Crippen molar-refractivity contribution < 1.29 is 0 Å². The monoisotopic (exact) mass is 233 g/mol. The number of aromatic nitrogens is 2. The number of halogens is 1. The Morgan fingerprint density at radius 3 is 2.75 bits per heavy atom. The highest BCUT2D eigenvalue weighted by atomic mass is 35.5. The average Bonchev–Trinajstić information content (AvgIpc) is 2.81. The van der Waals surface area contributed by atoms with Crippen LogP contribution in [0.4, 0.5) is 5.82 Å². The van der Waals surface area contributed by atoms with Crippen LogP contribution >= 0.6 is 11.6 Å². The first-order valence-electron chi connectivity index (χ1n) is 5.50.